The highest BCUT2D eigenvalue weighted by atomic mass is 16.1. The molecule has 3 heteroatoms. The minimum Gasteiger partial charge on any atom is -0.352 e. The van der Waals surface area contributed by atoms with Gasteiger partial charge in [0.15, 0.2) is 0 Å². The first-order chi connectivity index (χ1) is 7.86. The monoisotopic (exact) mass is 218 g/mol. The lowest BCUT2D eigenvalue weighted by molar-refractivity contribution is 0.0945. The van der Waals surface area contributed by atoms with E-state index in [0.29, 0.717) is 5.92 Å². The SMILES string of the molecule is O=C(NC[C@@H]1CCCNC1)c1ccccc1. The van der Waals surface area contributed by atoms with E-state index in [4.69, 9.17) is 0 Å². The smallest absolute Gasteiger partial charge is 0.251 e. The number of rotatable bonds is 3. The standard InChI is InChI=1S/C13H18N2O/c16-13(12-6-2-1-3-7-12)15-10-11-5-4-8-14-9-11/h1-3,6-7,11,14H,4-5,8-10H2,(H,15,16)/t11-/m1/s1. The molecule has 1 saturated heterocycles. The summed E-state index contributed by atoms with van der Waals surface area (Å²) in [6.07, 6.45) is 2.42. The molecule has 1 fully saturated rings. The number of benzene rings is 1. The van der Waals surface area contributed by atoms with E-state index in [1.165, 1.54) is 12.8 Å². The summed E-state index contributed by atoms with van der Waals surface area (Å²) < 4.78 is 0. The Hall–Kier alpha value is -1.35. The van der Waals surface area contributed by atoms with Crippen LogP contribution in [0.15, 0.2) is 30.3 Å². The maximum atomic E-state index is 11.8. The van der Waals surface area contributed by atoms with Gasteiger partial charge in [-0.2, -0.15) is 0 Å². The molecule has 0 bridgehead atoms. The fourth-order valence-electron chi connectivity index (χ4n) is 2.03. The summed E-state index contributed by atoms with van der Waals surface area (Å²) in [4.78, 5) is 11.8. The first-order valence-corrected chi connectivity index (χ1v) is 5.90. The molecule has 0 spiro atoms. The van der Waals surface area contributed by atoms with E-state index in [2.05, 4.69) is 10.6 Å². The van der Waals surface area contributed by atoms with Crippen molar-refractivity contribution in [1.82, 2.24) is 10.6 Å². The fraction of sp³-hybridized carbons (Fsp3) is 0.462. The van der Waals surface area contributed by atoms with Crippen LogP contribution in [0.25, 0.3) is 0 Å². The van der Waals surface area contributed by atoms with Crippen LogP contribution in [-0.4, -0.2) is 25.5 Å². The zero-order valence-electron chi connectivity index (χ0n) is 9.41. The molecule has 2 rings (SSSR count). The van der Waals surface area contributed by atoms with E-state index >= 15 is 0 Å². The van der Waals surface area contributed by atoms with Crippen molar-refractivity contribution in [3.63, 3.8) is 0 Å². The van der Waals surface area contributed by atoms with Gasteiger partial charge in [-0.15, -0.1) is 0 Å². The predicted octanol–water partition coefficient (Wildman–Crippen LogP) is 1.42. The van der Waals surface area contributed by atoms with Crippen LogP contribution in [0, 0.1) is 5.92 Å². The van der Waals surface area contributed by atoms with Crippen molar-refractivity contribution in [1.29, 1.82) is 0 Å². The Bertz CT molecular complexity index is 331. The Balaban J connectivity index is 1.79. The Morgan fingerprint density at radius 2 is 2.19 bits per heavy atom. The van der Waals surface area contributed by atoms with Gasteiger partial charge >= 0.3 is 0 Å². The molecular formula is C13H18N2O. The van der Waals surface area contributed by atoms with E-state index in [0.717, 1.165) is 25.2 Å². The lowest BCUT2D eigenvalue weighted by atomic mass is 10.00. The number of carbonyl (C=O) groups is 1. The first-order valence-electron chi connectivity index (χ1n) is 5.90. The summed E-state index contributed by atoms with van der Waals surface area (Å²) in [5.41, 5.74) is 0.742. The summed E-state index contributed by atoms with van der Waals surface area (Å²) >= 11 is 0. The minimum atomic E-state index is 0.0335. The Morgan fingerprint density at radius 1 is 1.38 bits per heavy atom. The van der Waals surface area contributed by atoms with Crippen LogP contribution in [0.5, 0.6) is 0 Å². The molecule has 86 valence electrons. The molecule has 0 unspecified atom stereocenters. The van der Waals surface area contributed by atoms with Gasteiger partial charge in [-0.25, -0.2) is 0 Å². The second-order valence-corrected chi connectivity index (χ2v) is 4.29. The molecule has 1 heterocycles. The zero-order valence-corrected chi connectivity index (χ0v) is 9.41. The Labute approximate surface area is 96.2 Å². The maximum absolute atomic E-state index is 11.8. The van der Waals surface area contributed by atoms with Gasteiger partial charge in [0.2, 0.25) is 0 Å². The molecule has 2 N–H and O–H groups in total. The van der Waals surface area contributed by atoms with Gasteiger partial charge in [0.05, 0.1) is 0 Å². The molecule has 0 saturated carbocycles. The van der Waals surface area contributed by atoms with Gasteiger partial charge < -0.3 is 10.6 Å². The lowest BCUT2D eigenvalue weighted by Gasteiger charge is -2.22. The van der Waals surface area contributed by atoms with Crippen LogP contribution in [0.2, 0.25) is 0 Å². The average Bonchev–Trinajstić information content (AvgIpc) is 2.38. The van der Waals surface area contributed by atoms with E-state index in [1.807, 2.05) is 30.3 Å². The van der Waals surface area contributed by atoms with Crippen molar-refractivity contribution in [2.75, 3.05) is 19.6 Å². The molecule has 1 atom stereocenters. The van der Waals surface area contributed by atoms with Crippen LogP contribution < -0.4 is 10.6 Å². The molecule has 1 aliphatic heterocycles. The predicted molar refractivity (Wildman–Crippen MR) is 64.4 cm³/mol. The van der Waals surface area contributed by atoms with Crippen LogP contribution in [0.1, 0.15) is 23.2 Å². The summed E-state index contributed by atoms with van der Waals surface area (Å²) in [5, 5.41) is 6.34. The van der Waals surface area contributed by atoms with Crippen LogP contribution >= 0.6 is 0 Å². The van der Waals surface area contributed by atoms with Crippen molar-refractivity contribution in [3.05, 3.63) is 35.9 Å². The van der Waals surface area contributed by atoms with Crippen LogP contribution in [-0.2, 0) is 0 Å². The number of nitrogens with one attached hydrogen (secondary N) is 2. The second-order valence-electron chi connectivity index (χ2n) is 4.29. The molecule has 3 nitrogen and oxygen atoms in total. The number of hydrogen-bond donors (Lipinski definition) is 2. The zero-order chi connectivity index (χ0) is 11.2. The lowest BCUT2D eigenvalue weighted by Crippen LogP contribution is -2.38. The van der Waals surface area contributed by atoms with E-state index in [9.17, 15) is 4.79 Å². The van der Waals surface area contributed by atoms with Gasteiger partial charge in [-0.1, -0.05) is 18.2 Å². The van der Waals surface area contributed by atoms with Crippen LogP contribution in [0.4, 0.5) is 0 Å². The largest absolute Gasteiger partial charge is 0.352 e. The quantitative estimate of drug-likeness (QED) is 0.805. The normalized spacial score (nSPS) is 20.4. The third kappa shape index (κ3) is 3.07. The molecule has 0 radical (unpaired) electrons. The Morgan fingerprint density at radius 3 is 2.88 bits per heavy atom. The number of hydrogen-bond acceptors (Lipinski definition) is 2. The van der Waals surface area contributed by atoms with E-state index in [-0.39, 0.29) is 5.91 Å². The highest BCUT2D eigenvalue weighted by molar-refractivity contribution is 5.94. The Kier molecular flexibility index (Phi) is 3.94. The molecule has 1 aromatic carbocycles. The molecular weight excluding hydrogens is 200 g/mol. The second kappa shape index (κ2) is 5.66. The van der Waals surface area contributed by atoms with Crippen LogP contribution in [0.3, 0.4) is 0 Å². The summed E-state index contributed by atoms with van der Waals surface area (Å²) in [6, 6.07) is 9.37. The minimum absolute atomic E-state index is 0.0335. The third-order valence-electron chi connectivity index (χ3n) is 2.99. The van der Waals surface area contributed by atoms with Crippen molar-refractivity contribution in [3.8, 4) is 0 Å². The first kappa shape index (κ1) is 11.1. The maximum Gasteiger partial charge on any atom is 0.251 e. The molecule has 1 amide bonds. The highest BCUT2D eigenvalue weighted by Crippen LogP contribution is 2.08. The van der Waals surface area contributed by atoms with Gasteiger partial charge in [-0.3, -0.25) is 4.79 Å². The average molecular weight is 218 g/mol. The fourth-order valence-corrected chi connectivity index (χ4v) is 2.03. The van der Waals surface area contributed by atoms with Crippen molar-refractivity contribution in [2.24, 2.45) is 5.92 Å². The van der Waals surface area contributed by atoms with E-state index < -0.39 is 0 Å². The van der Waals surface area contributed by atoms with Crippen molar-refractivity contribution < 1.29 is 4.79 Å². The van der Waals surface area contributed by atoms with Gasteiger partial charge in [-0.05, 0) is 44.0 Å². The van der Waals surface area contributed by atoms with Gasteiger partial charge in [0.1, 0.15) is 0 Å². The highest BCUT2D eigenvalue weighted by Gasteiger charge is 2.14. The third-order valence-corrected chi connectivity index (χ3v) is 2.99. The number of piperidine rings is 1. The summed E-state index contributed by atoms with van der Waals surface area (Å²) in [5.74, 6) is 0.618. The topological polar surface area (TPSA) is 41.1 Å². The number of carbonyl (C=O) groups excluding carboxylic acids is 1. The van der Waals surface area contributed by atoms with Gasteiger partial charge in [0, 0.05) is 12.1 Å². The van der Waals surface area contributed by atoms with Crippen molar-refractivity contribution in [2.45, 2.75) is 12.8 Å². The van der Waals surface area contributed by atoms with E-state index in [1.54, 1.807) is 0 Å². The summed E-state index contributed by atoms with van der Waals surface area (Å²) in [6.45, 7) is 2.92. The molecule has 16 heavy (non-hydrogen) atoms. The van der Waals surface area contributed by atoms with Gasteiger partial charge in [0.25, 0.3) is 5.91 Å². The summed E-state index contributed by atoms with van der Waals surface area (Å²) in [7, 11) is 0. The van der Waals surface area contributed by atoms with Crippen molar-refractivity contribution >= 4 is 5.91 Å². The molecule has 0 aliphatic carbocycles. The molecule has 1 aliphatic rings. The number of amides is 1. The molecule has 1 aromatic rings. The molecule has 0 aromatic heterocycles.